The average Bonchev–Trinajstić information content (AvgIpc) is 2.21. The van der Waals surface area contributed by atoms with Crippen LogP contribution in [-0.4, -0.2) is 71.8 Å². The van der Waals surface area contributed by atoms with E-state index in [0.717, 1.165) is 0 Å². The third-order valence-electron chi connectivity index (χ3n) is 2.45. The van der Waals surface area contributed by atoms with Gasteiger partial charge in [0, 0.05) is 0 Å². The third kappa shape index (κ3) is 2.14. The van der Waals surface area contributed by atoms with Gasteiger partial charge < -0.3 is 35.5 Å². The Morgan fingerprint density at radius 1 is 0.938 bits per heavy atom. The lowest BCUT2D eigenvalue weighted by molar-refractivity contribution is -0.333. The second-order valence-corrected chi connectivity index (χ2v) is 4.22. The number of hydrogen-bond acceptors (Lipinski definition) is 8. The lowest BCUT2D eigenvalue weighted by Gasteiger charge is -2.46. The molecule has 0 aliphatic heterocycles. The molecule has 1 aliphatic rings. The van der Waals surface area contributed by atoms with Gasteiger partial charge in [-0.25, -0.2) is 0 Å². The summed E-state index contributed by atoms with van der Waals surface area (Å²) in [6.07, 6.45) is -10.5. The first-order valence-corrected chi connectivity index (χ1v) is 5.52. The van der Waals surface area contributed by atoms with E-state index in [4.69, 9.17) is 10.00 Å². The van der Waals surface area contributed by atoms with Crippen LogP contribution in [0.1, 0.15) is 0 Å². The van der Waals surface area contributed by atoms with Crippen LogP contribution in [0.5, 0.6) is 0 Å². The van der Waals surface area contributed by atoms with Crippen molar-refractivity contribution in [1.29, 1.82) is 0 Å². The summed E-state index contributed by atoms with van der Waals surface area (Å²) < 4.78 is 14.4. The van der Waals surface area contributed by atoms with E-state index in [9.17, 15) is 30.1 Å². The number of hydrogen-bond donors (Lipinski definition) is 7. The standard InChI is InChI=1S/C6H13O9P/c7-1-2(8)4(10)6(12,15-16(13)14)5(11)3(1)9/h1-5,7-12,16H,(H,13,14)/t1-,2-,3+,4-,5-,6-/m1/s1. The molecule has 1 saturated carbocycles. The minimum absolute atomic E-state index is 1.92. The molecule has 1 fully saturated rings. The molecule has 0 aromatic rings. The van der Waals surface area contributed by atoms with E-state index in [1.54, 1.807) is 0 Å². The van der Waals surface area contributed by atoms with Crippen molar-refractivity contribution < 1.29 is 44.6 Å². The Kier molecular flexibility index (Phi) is 4.06. The highest BCUT2D eigenvalue weighted by Crippen LogP contribution is 2.37. The van der Waals surface area contributed by atoms with Crippen LogP contribution in [0.3, 0.4) is 0 Å². The van der Waals surface area contributed by atoms with E-state index in [2.05, 4.69) is 4.52 Å². The fraction of sp³-hybridized carbons (Fsp3) is 1.00. The molecule has 1 aliphatic carbocycles. The SMILES string of the molecule is O=[PH](O)O[C@]1(O)[C@H](O)[C@H](O)[C@@H](O)[C@H](O)[C@H]1O. The second kappa shape index (κ2) is 4.65. The summed E-state index contributed by atoms with van der Waals surface area (Å²) in [5, 5.41) is 55.7. The van der Waals surface area contributed by atoms with Gasteiger partial charge in [-0.05, 0) is 0 Å². The van der Waals surface area contributed by atoms with Gasteiger partial charge in [0.05, 0.1) is 0 Å². The molecule has 0 aromatic carbocycles. The van der Waals surface area contributed by atoms with Crippen molar-refractivity contribution in [2.75, 3.05) is 0 Å². The number of aliphatic hydroxyl groups is 6. The van der Waals surface area contributed by atoms with E-state index in [1.165, 1.54) is 0 Å². The van der Waals surface area contributed by atoms with E-state index in [1.807, 2.05) is 0 Å². The van der Waals surface area contributed by atoms with Gasteiger partial charge in [-0.15, -0.1) is 0 Å². The van der Waals surface area contributed by atoms with Crippen LogP contribution in [0.4, 0.5) is 0 Å². The first-order chi connectivity index (χ1) is 7.21. The predicted molar refractivity (Wildman–Crippen MR) is 47.3 cm³/mol. The zero-order valence-electron chi connectivity index (χ0n) is 7.83. The van der Waals surface area contributed by atoms with E-state index in [-0.39, 0.29) is 0 Å². The van der Waals surface area contributed by atoms with Gasteiger partial charge in [-0.2, -0.15) is 0 Å². The maximum Gasteiger partial charge on any atom is 0.319 e. The maximum absolute atomic E-state index is 10.4. The summed E-state index contributed by atoms with van der Waals surface area (Å²) in [5.74, 6) is -3.02. The first kappa shape index (κ1) is 14.0. The normalized spacial score (nSPS) is 51.3. The second-order valence-electron chi connectivity index (χ2n) is 3.48. The van der Waals surface area contributed by atoms with Gasteiger partial charge in [0.2, 0.25) is 5.79 Å². The smallest absolute Gasteiger partial charge is 0.319 e. The Bertz CT molecular complexity index is 267. The highest BCUT2D eigenvalue weighted by molar-refractivity contribution is 7.32. The molecular formula is C6H13O9P. The molecular weight excluding hydrogens is 247 g/mol. The van der Waals surface area contributed by atoms with Crippen LogP contribution in [0.2, 0.25) is 0 Å². The van der Waals surface area contributed by atoms with Crippen LogP contribution in [-0.2, 0) is 9.09 Å². The molecule has 1 rings (SSSR count). The molecule has 10 heteroatoms. The van der Waals surface area contributed by atoms with Crippen LogP contribution < -0.4 is 0 Å². The molecule has 0 aromatic heterocycles. The molecule has 0 saturated heterocycles. The minimum Gasteiger partial charge on any atom is -0.387 e. The molecule has 1 unspecified atom stereocenters. The predicted octanol–water partition coefficient (Wildman–Crippen LogP) is -4.11. The van der Waals surface area contributed by atoms with Gasteiger partial charge in [0.1, 0.15) is 30.5 Å². The van der Waals surface area contributed by atoms with E-state index >= 15 is 0 Å². The van der Waals surface area contributed by atoms with Crippen molar-refractivity contribution in [3.05, 3.63) is 0 Å². The Morgan fingerprint density at radius 2 is 1.31 bits per heavy atom. The largest absolute Gasteiger partial charge is 0.387 e. The van der Waals surface area contributed by atoms with Crippen LogP contribution in [0.25, 0.3) is 0 Å². The summed E-state index contributed by atoms with van der Waals surface area (Å²) in [4.78, 5) is 8.46. The summed E-state index contributed by atoms with van der Waals surface area (Å²) in [7, 11) is -3.74. The van der Waals surface area contributed by atoms with Gasteiger partial charge >= 0.3 is 8.25 Å². The topological polar surface area (TPSA) is 168 Å². The molecule has 0 heterocycles. The molecule has 96 valence electrons. The first-order valence-electron chi connectivity index (χ1n) is 4.26. The zero-order valence-corrected chi connectivity index (χ0v) is 8.83. The van der Waals surface area contributed by atoms with Crippen LogP contribution in [0, 0.1) is 0 Å². The fourth-order valence-corrected chi connectivity index (χ4v) is 2.02. The Balaban J connectivity index is 3.02. The van der Waals surface area contributed by atoms with Crippen LogP contribution in [0.15, 0.2) is 0 Å². The van der Waals surface area contributed by atoms with E-state index in [0.29, 0.717) is 0 Å². The minimum atomic E-state index is -3.74. The molecule has 0 amide bonds. The lowest BCUT2D eigenvalue weighted by Crippen LogP contribution is -2.71. The van der Waals surface area contributed by atoms with Crippen molar-refractivity contribution in [1.82, 2.24) is 0 Å². The molecule has 9 nitrogen and oxygen atoms in total. The van der Waals surface area contributed by atoms with Crippen molar-refractivity contribution >= 4 is 8.25 Å². The van der Waals surface area contributed by atoms with Crippen molar-refractivity contribution in [2.24, 2.45) is 0 Å². The average molecular weight is 260 g/mol. The maximum atomic E-state index is 10.4. The molecule has 7 atom stereocenters. The van der Waals surface area contributed by atoms with Gasteiger partial charge in [0.15, 0.2) is 0 Å². The monoisotopic (exact) mass is 260 g/mol. The zero-order chi connectivity index (χ0) is 12.7. The molecule has 7 N–H and O–H groups in total. The lowest BCUT2D eigenvalue weighted by atomic mass is 9.82. The Morgan fingerprint density at radius 3 is 1.62 bits per heavy atom. The van der Waals surface area contributed by atoms with E-state index < -0.39 is 44.6 Å². The van der Waals surface area contributed by atoms with Gasteiger partial charge in [0.25, 0.3) is 0 Å². The summed E-state index contributed by atoms with van der Waals surface area (Å²) in [5.41, 5.74) is 0. The van der Waals surface area contributed by atoms with Gasteiger partial charge in [-0.1, -0.05) is 0 Å². The number of rotatable bonds is 2. The Labute approximate surface area is 90.1 Å². The van der Waals surface area contributed by atoms with Crippen molar-refractivity contribution in [3.8, 4) is 0 Å². The summed E-state index contributed by atoms with van der Waals surface area (Å²) in [6, 6.07) is 0. The fourth-order valence-electron chi connectivity index (χ4n) is 1.50. The highest BCUT2D eigenvalue weighted by Gasteiger charge is 2.59. The van der Waals surface area contributed by atoms with Crippen molar-refractivity contribution in [3.63, 3.8) is 0 Å². The summed E-state index contributed by atoms with van der Waals surface area (Å²) in [6.45, 7) is 0. The van der Waals surface area contributed by atoms with Crippen molar-refractivity contribution in [2.45, 2.75) is 36.3 Å². The molecule has 0 bridgehead atoms. The molecule has 0 spiro atoms. The highest BCUT2D eigenvalue weighted by atomic mass is 31.1. The quantitative estimate of drug-likeness (QED) is 0.193. The number of aliphatic hydroxyl groups excluding tert-OH is 5. The molecule has 16 heavy (non-hydrogen) atoms. The van der Waals surface area contributed by atoms with Crippen LogP contribution >= 0.6 is 8.25 Å². The van der Waals surface area contributed by atoms with Gasteiger partial charge in [-0.3, -0.25) is 9.09 Å². The molecule has 0 radical (unpaired) electrons. The summed E-state index contributed by atoms with van der Waals surface area (Å²) >= 11 is 0. The Hall–Kier alpha value is -0.0900. The third-order valence-corrected chi connectivity index (χ3v) is 2.95.